The van der Waals surface area contributed by atoms with Crippen molar-refractivity contribution in [3.8, 4) is 0 Å². The van der Waals surface area contributed by atoms with Crippen LogP contribution in [0.15, 0.2) is 53.9 Å². The fraction of sp³-hybridized carbons (Fsp3) is 0.364. The van der Waals surface area contributed by atoms with Gasteiger partial charge in [0.05, 0.1) is 6.04 Å². The summed E-state index contributed by atoms with van der Waals surface area (Å²) in [6.07, 6.45) is 5.68. The Kier molecular flexibility index (Phi) is 5.76. The van der Waals surface area contributed by atoms with Gasteiger partial charge in [0.2, 0.25) is 5.91 Å². The van der Waals surface area contributed by atoms with Gasteiger partial charge in [-0.05, 0) is 42.3 Å². The maximum absolute atomic E-state index is 12.4. The van der Waals surface area contributed by atoms with E-state index >= 15 is 0 Å². The summed E-state index contributed by atoms with van der Waals surface area (Å²) in [7, 11) is 0. The summed E-state index contributed by atoms with van der Waals surface area (Å²) in [6, 6.07) is 14.4. The minimum absolute atomic E-state index is 0.0386. The van der Waals surface area contributed by atoms with E-state index < -0.39 is 0 Å². The molecule has 146 valence electrons. The molecule has 2 aliphatic heterocycles. The van der Waals surface area contributed by atoms with E-state index in [1.54, 1.807) is 17.4 Å². The minimum Gasteiger partial charge on any atom is -0.447 e. The lowest BCUT2D eigenvalue weighted by Crippen LogP contribution is -2.50. The maximum Gasteiger partial charge on any atom is 0.410 e. The van der Waals surface area contributed by atoms with Crippen molar-refractivity contribution in [2.45, 2.75) is 31.3 Å². The van der Waals surface area contributed by atoms with Crippen LogP contribution >= 0.6 is 11.3 Å². The normalized spacial score (nSPS) is 20.7. The summed E-state index contributed by atoms with van der Waals surface area (Å²) in [6.45, 7) is 1.77. The average Bonchev–Trinajstić information content (AvgIpc) is 3.37. The second-order valence-corrected chi connectivity index (χ2v) is 8.21. The van der Waals surface area contributed by atoms with Crippen molar-refractivity contribution in [1.29, 1.82) is 0 Å². The van der Waals surface area contributed by atoms with Gasteiger partial charge in [-0.25, -0.2) is 4.79 Å². The highest BCUT2D eigenvalue weighted by atomic mass is 32.1. The standard InChI is InChI=1S/C22H24N2O3S/c25-21(9-8-20-7-4-14-28-20)23-12-10-18(11-13-23)24-19(16-27-22(24)26)15-17-5-2-1-3-6-17/h1-9,14,18-19H,10-13,15-16H2. The van der Waals surface area contributed by atoms with Crippen molar-refractivity contribution >= 4 is 29.4 Å². The Morgan fingerprint density at radius 1 is 1.14 bits per heavy atom. The van der Waals surface area contributed by atoms with Crippen LogP contribution in [0.4, 0.5) is 4.79 Å². The first kappa shape index (κ1) is 18.7. The number of thiophene rings is 1. The van der Waals surface area contributed by atoms with Crippen LogP contribution in [-0.4, -0.2) is 53.6 Å². The molecule has 2 aromatic rings. The molecule has 1 atom stereocenters. The number of likely N-dealkylation sites (tertiary alicyclic amines) is 1. The smallest absolute Gasteiger partial charge is 0.410 e. The van der Waals surface area contributed by atoms with E-state index in [0.29, 0.717) is 19.7 Å². The number of benzene rings is 1. The van der Waals surface area contributed by atoms with Crippen molar-refractivity contribution in [2.24, 2.45) is 0 Å². The van der Waals surface area contributed by atoms with E-state index in [1.165, 1.54) is 5.56 Å². The monoisotopic (exact) mass is 396 g/mol. The molecule has 4 rings (SSSR count). The molecule has 0 saturated carbocycles. The molecule has 5 nitrogen and oxygen atoms in total. The van der Waals surface area contributed by atoms with E-state index in [1.807, 2.05) is 51.6 Å². The van der Waals surface area contributed by atoms with Crippen LogP contribution in [0.25, 0.3) is 6.08 Å². The number of hydrogen-bond donors (Lipinski definition) is 0. The number of carbonyl (C=O) groups is 2. The molecule has 0 radical (unpaired) electrons. The molecule has 1 unspecified atom stereocenters. The Bertz CT molecular complexity index is 827. The van der Waals surface area contributed by atoms with Crippen molar-refractivity contribution in [3.63, 3.8) is 0 Å². The van der Waals surface area contributed by atoms with Crippen LogP contribution in [0.5, 0.6) is 0 Å². The number of carbonyl (C=O) groups excluding carboxylic acids is 2. The fourth-order valence-corrected chi connectivity index (χ4v) is 4.59. The molecule has 0 N–H and O–H groups in total. The molecule has 2 amide bonds. The molecule has 28 heavy (non-hydrogen) atoms. The lowest BCUT2D eigenvalue weighted by Gasteiger charge is -2.37. The Morgan fingerprint density at radius 2 is 1.93 bits per heavy atom. The van der Waals surface area contributed by atoms with Crippen molar-refractivity contribution in [2.75, 3.05) is 19.7 Å². The minimum atomic E-state index is -0.219. The second-order valence-electron chi connectivity index (χ2n) is 7.23. The fourth-order valence-electron chi connectivity index (χ4n) is 3.97. The molecule has 1 aromatic carbocycles. The molecule has 2 aliphatic rings. The van der Waals surface area contributed by atoms with Crippen LogP contribution in [-0.2, 0) is 16.0 Å². The highest BCUT2D eigenvalue weighted by Crippen LogP contribution is 2.26. The summed E-state index contributed by atoms with van der Waals surface area (Å²) in [5, 5.41) is 2.00. The van der Waals surface area contributed by atoms with Gasteiger partial charge < -0.3 is 9.64 Å². The molecule has 6 heteroatoms. The third-order valence-electron chi connectivity index (χ3n) is 5.42. The highest BCUT2D eigenvalue weighted by Gasteiger charge is 2.39. The predicted molar refractivity (Wildman–Crippen MR) is 110 cm³/mol. The Balaban J connectivity index is 1.34. The van der Waals surface area contributed by atoms with Gasteiger partial charge in [0.1, 0.15) is 6.61 Å². The number of hydrogen-bond acceptors (Lipinski definition) is 4. The lowest BCUT2D eigenvalue weighted by atomic mass is 9.99. The van der Waals surface area contributed by atoms with Gasteiger partial charge >= 0.3 is 6.09 Å². The Morgan fingerprint density at radius 3 is 2.64 bits per heavy atom. The first-order valence-electron chi connectivity index (χ1n) is 9.70. The number of ether oxygens (including phenoxy) is 1. The highest BCUT2D eigenvalue weighted by molar-refractivity contribution is 7.10. The average molecular weight is 397 g/mol. The van der Waals surface area contributed by atoms with Gasteiger partial charge in [-0.1, -0.05) is 36.4 Å². The summed E-state index contributed by atoms with van der Waals surface area (Å²) in [5.41, 5.74) is 1.21. The van der Waals surface area contributed by atoms with Crippen LogP contribution in [0.1, 0.15) is 23.3 Å². The third-order valence-corrected chi connectivity index (χ3v) is 6.26. The van der Waals surface area contributed by atoms with Crippen LogP contribution in [0, 0.1) is 0 Å². The van der Waals surface area contributed by atoms with Gasteiger partial charge in [-0.2, -0.15) is 0 Å². The number of piperidine rings is 1. The molecule has 0 bridgehead atoms. The molecule has 2 saturated heterocycles. The Labute approximate surface area is 169 Å². The largest absolute Gasteiger partial charge is 0.447 e. The van der Waals surface area contributed by atoms with Gasteiger partial charge in [-0.15, -0.1) is 11.3 Å². The lowest BCUT2D eigenvalue weighted by molar-refractivity contribution is -0.127. The third kappa shape index (κ3) is 4.28. The number of nitrogens with zero attached hydrogens (tertiary/aromatic N) is 2. The van der Waals surface area contributed by atoms with Gasteiger partial charge in [0.15, 0.2) is 0 Å². The van der Waals surface area contributed by atoms with Crippen molar-refractivity contribution < 1.29 is 14.3 Å². The van der Waals surface area contributed by atoms with E-state index in [4.69, 9.17) is 4.74 Å². The SMILES string of the molecule is O=C(C=Cc1cccs1)N1CCC(N2C(=O)OCC2Cc2ccccc2)CC1. The summed E-state index contributed by atoms with van der Waals surface area (Å²) in [5.74, 6) is 0.0386. The van der Waals surface area contributed by atoms with Crippen molar-refractivity contribution in [3.05, 3.63) is 64.4 Å². The first-order chi connectivity index (χ1) is 13.7. The van der Waals surface area contributed by atoms with Gasteiger partial charge in [0, 0.05) is 30.1 Å². The summed E-state index contributed by atoms with van der Waals surface area (Å²) < 4.78 is 5.35. The molecule has 3 heterocycles. The van der Waals surface area contributed by atoms with Gasteiger partial charge in [0.25, 0.3) is 0 Å². The number of rotatable bonds is 5. The molecule has 0 aliphatic carbocycles. The molecule has 2 fully saturated rings. The van der Waals surface area contributed by atoms with E-state index in [0.717, 1.165) is 24.1 Å². The zero-order valence-electron chi connectivity index (χ0n) is 15.7. The van der Waals surface area contributed by atoms with E-state index in [2.05, 4.69) is 12.1 Å². The molecular weight excluding hydrogens is 372 g/mol. The summed E-state index contributed by atoms with van der Waals surface area (Å²) in [4.78, 5) is 29.6. The molecule has 1 aromatic heterocycles. The van der Waals surface area contributed by atoms with E-state index in [-0.39, 0.29) is 24.1 Å². The van der Waals surface area contributed by atoms with Crippen LogP contribution in [0.3, 0.4) is 0 Å². The zero-order chi connectivity index (χ0) is 19.3. The first-order valence-corrected chi connectivity index (χ1v) is 10.6. The molecule has 0 spiro atoms. The molecular formula is C22H24N2O3S. The number of amides is 2. The number of cyclic esters (lactones) is 1. The van der Waals surface area contributed by atoms with Crippen LogP contribution in [0.2, 0.25) is 0 Å². The van der Waals surface area contributed by atoms with Crippen molar-refractivity contribution in [1.82, 2.24) is 9.80 Å². The van der Waals surface area contributed by atoms with Gasteiger partial charge in [-0.3, -0.25) is 9.69 Å². The summed E-state index contributed by atoms with van der Waals surface area (Å²) >= 11 is 1.61. The second kappa shape index (κ2) is 8.61. The van der Waals surface area contributed by atoms with E-state index in [9.17, 15) is 9.59 Å². The maximum atomic E-state index is 12.4. The Hall–Kier alpha value is -2.60. The van der Waals surface area contributed by atoms with Crippen LogP contribution < -0.4 is 0 Å². The topological polar surface area (TPSA) is 49.9 Å². The predicted octanol–water partition coefficient (Wildman–Crippen LogP) is 3.82. The zero-order valence-corrected chi connectivity index (χ0v) is 16.5. The quantitative estimate of drug-likeness (QED) is 0.722.